The Balaban J connectivity index is 2.24. The Morgan fingerprint density at radius 3 is 2.56 bits per heavy atom. The highest BCUT2D eigenvalue weighted by molar-refractivity contribution is 5.95. The maximum Gasteiger partial charge on any atom is 0.251 e. The summed E-state index contributed by atoms with van der Waals surface area (Å²) in [6.45, 7) is 9.45. The van der Waals surface area contributed by atoms with Gasteiger partial charge in [-0.15, -0.1) is 0 Å². The monoisotopic (exact) mass is 341 g/mol. The zero-order valence-corrected chi connectivity index (χ0v) is 15.8. The summed E-state index contributed by atoms with van der Waals surface area (Å²) in [7, 11) is 3.64. The van der Waals surface area contributed by atoms with Crippen LogP contribution in [0.5, 0.6) is 0 Å². The average Bonchev–Trinajstić information content (AvgIpc) is 2.55. The van der Waals surface area contributed by atoms with E-state index in [9.17, 15) is 4.79 Å². The first-order valence-corrected chi connectivity index (χ1v) is 8.32. The molecule has 1 heterocycles. The zero-order chi connectivity index (χ0) is 18.6. The van der Waals surface area contributed by atoms with Crippen LogP contribution < -0.4 is 15.5 Å². The Hall–Kier alpha value is -2.63. The van der Waals surface area contributed by atoms with Crippen molar-refractivity contribution in [1.29, 1.82) is 0 Å². The van der Waals surface area contributed by atoms with Crippen LogP contribution in [0, 0.1) is 12.3 Å². The van der Waals surface area contributed by atoms with E-state index in [1.54, 1.807) is 13.4 Å². The van der Waals surface area contributed by atoms with Crippen LogP contribution in [-0.4, -0.2) is 36.5 Å². The van der Waals surface area contributed by atoms with Crippen LogP contribution in [0.4, 0.5) is 17.3 Å². The number of nitrogens with zero attached hydrogens (tertiary/aromatic N) is 3. The molecule has 25 heavy (non-hydrogen) atoms. The molecule has 134 valence electrons. The third-order valence-corrected chi connectivity index (χ3v) is 3.74. The van der Waals surface area contributed by atoms with Crippen LogP contribution in [0.1, 0.15) is 36.7 Å². The quantitative estimate of drug-likeness (QED) is 0.872. The van der Waals surface area contributed by atoms with Crippen molar-refractivity contribution < 1.29 is 4.79 Å². The molecule has 2 N–H and O–H groups in total. The largest absolute Gasteiger partial charge is 0.359 e. The van der Waals surface area contributed by atoms with Crippen molar-refractivity contribution in [2.45, 2.75) is 27.7 Å². The molecule has 0 aliphatic carbocycles. The van der Waals surface area contributed by atoms with Gasteiger partial charge in [-0.3, -0.25) is 4.79 Å². The Bertz CT molecular complexity index is 752. The second-order valence-corrected chi connectivity index (χ2v) is 7.41. The topological polar surface area (TPSA) is 70.2 Å². The van der Waals surface area contributed by atoms with E-state index in [-0.39, 0.29) is 11.3 Å². The highest BCUT2D eigenvalue weighted by Crippen LogP contribution is 2.24. The van der Waals surface area contributed by atoms with Gasteiger partial charge in [-0.05, 0) is 30.0 Å². The summed E-state index contributed by atoms with van der Waals surface area (Å²) in [5, 5.41) is 5.93. The van der Waals surface area contributed by atoms with Crippen LogP contribution in [0.3, 0.4) is 0 Å². The van der Waals surface area contributed by atoms with E-state index >= 15 is 0 Å². The first-order chi connectivity index (χ1) is 11.7. The zero-order valence-electron chi connectivity index (χ0n) is 15.8. The molecule has 6 heteroatoms. The Kier molecular flexibility index (Phi) is 5.62. The molecule has 0 spiro atoms. The smallest absolute Gasteiger partial charge is 0.251 e. The van der Waals surface area contributed by atoms with Crippen LogP contribution in [0.2, 0.25) is 0 Å². The SMILES string of the molecule is CNC(=O)c1ccc(C)c(Nc2cc(N(C)CC(C)(C)C)ncn2)c1. The van der Waals surface area contributed by atoms with Crippen molar-refractivity contribution >= 4 is 23.2 Å². The summed E-state index contributed by atoms with van der Waals surface area (Å²) in [6.07, 6.45) is 1.55. The lowest BCUT2D eigenvalue weighted by Crippen LogP contribution is -2.29. The number of anilines is 3. The number of carbonyl (C=O) groups is 1. The van der Waals surface area contributed by atoms with E-state index < -0.39 is 0 Å². The molecule has 0 bridgehead atoms. The van der Waals surface area contributed by atoms with E-state index in [4.69, 9.17) is 0 Å². The molecule has 0 aliphatic heterocycles. The Labute approximate surface area is 149 Å². The maximum absolute atomic E-state index is 11.8. The van der Waals surface area contributed by atoms with Crippen LogP contribution >= 0.6 is 0 Å². The highest BCUT2D eigenvalue weighted by Gasteiger charge is 2.15. The summed E-state index contributed by atoms with van der Waals surface area (Å²) in [4.78, 5) is 22.6. The van der Waals surface area contributed by atoms with Gasteiger partial charge in [-0.1, -0.05) is 26.8 Å². The predicted molar refractivity (Wildman–Crippen MR) is 103 cm³/mol. The van der Waals surface area contributed by atoms with Crippen molar-refractivity contribution in [3.63, 3.8) is 0 Å². The first kappa shape index (κ1) is 18.7. The fourth-order valence-corrected chi connectivity index (χ4v) is 2.60. The number of rotatable bonds is 5. The first-order valence-electron chi connectivity index (χ1n) is 8.32. The number of aromatic nitrogens is 2. The molecule has 0 atom stereocenters. The van der Waals surface area contributed by atoms with E-state index in [1.165, 1.54) is 0 Å². The third-order valence-electron chi connectivity index (χ3n) is 3.74. The van der Waals surface area contributed by atoms with Gasteiger partial charge in [0.05, 0.1) is 0 Å². The van der Waals surface area contributed by atoms with Crippen LogP contribution in [0.25, 0.3) is 0 Å². The number of amides is 1. The predicted octanol–water partition coefficient (Wildman–Crippen LogP) is 3.37. The van der Waals surface area contributed by atoms with Gasteiger partial charge in [0, 0.05) is 38.0 Å². The minimum absolute atomic E-state index is 0.115. The van der Waals surface area contributed by atoms with E-state index in [0.717, 1.165) is 23.6 Å². The average molecular weight is 341 g/mol. The molecule has 0 radical (unpaired) electrons. The summed E-state index contributed by atoms with van der Waals surface area (Å²) < 4.78 is 0. The van der Waals surface area contributed by atoms with E-state index in [2.05, 4.69) is 46.3 Å². The van der Waals surface area contributed by atoms with Gasteiger partial charge in [0.15, 0.2) is 0 Å². The number of aryl methyl sites for hydroxylation is 1. The maximum atomic E-state index is 11.8. The van der Waals surface area contributed by atoms with E-state index in [0.29, 0.717) is 11.4 Å². The molecule has 0 fully saturated rings. The van der Waals surface area contributed by atoms with Gasteiger partial charge in [0.1, 0.15) is 18.0 Å². The standard InChI is InChI=1S/C19H27N5O/c1-13-7-8-14(18(25)20-5)9-15(13)23-16-10-17(22-12-21-16)24(6)11-19(2,3)4/h7-10,12H,11H2,1-6H3,(H,20,25)(H,21,22,23). The molecule has 2 aromatic rings. The lowest BCUT2D eigenvalue weighted by atomic mass is 9.96. The lowest BCUT2D eigenvalue weighted by molar-refractivity contribution is 0.0963. The summed E-state index contributed by atoms with van der Waals surface area (Å²) in [5.41, 5.74) is 2.67. The number of hydrogen-bond acceptors (Lipinski definition) is 5. The third kappa shape index (κ3) is 5.17. The normalized spacial score (nSPS) is 11.1. The van der Waals surface area contributed by atoms with Gasteiger partial charge in [-0.2, -0.15) is 0 Å². The second kappa shape index (κ2) is 7.51. The fraction of sp³-hybridized carbons (Fsp3) is 0.421. The molecule has 0 aliphatic rings. The summed E-state index contributed by atoms with van der Waals surface area (Å²) >= 11 is 0. The van der Waals surface area contributed by atoms with Crippen molar-refractivity contribution in [2.24, 2.45) is 5.41 Å². The highest BCUT2D eigenvalue weighted by atomic mass is 16.1. The molecule has 6 nitrogen and oxygen atoms in total. The molecule has 2 rings (SSSR count). The van der Waals surface area contributed by atoms with Gasteiger partial charge in [-0.25, -0.2) is 9.97 Å². The molecular formula is C19H27N5O. The lowest BCUT2D eigenvalue weighted by Gasteiger charge is -2.27. The summed E-state index contributed by atoms with van der Waals surface area (Å²) in [5.74, 6) is 1.44. The molecule has 0 saturated carbocycles. The van der Waals surface area contributed by atoms with Gasteiger partial charge in [0.25, 0.3) is 5.91 Å². The molecule has 0 unspecified atom stereocenters. The Morgan fingerprint density at radius 1 is 1.20 bits per heavy atom. The molecular weight excluding hydrogens is 314 g/mol. The van der Waals surface area contributed by atoms with Crippen LogP contribution in [-0.2, 0) is 0 Å². The van der Waals surface area contributed by atoms with Gasteiger partial charge < -0.3 is 15.5 Å². The molecule has 1 amide bonds. The van der Waals surface area contributed by atoms with Gasteiger partial charge >= 0.3 is 0 Å². The van der Waals surface area contributed by atoms with Crippen molar-refractivity contribution in [1.82, 2.24) is 15.3 Å². The molecule has 1 aromatic carbocycles. The van der Waals surface area contributed by atoms with E-state index in [1.807, 2.05) is 38.2 Å². The van der Waals surface area contributed by atoms with Crippen molar-refractivity contribution in [2.75, 3.05) is 30.9 Å². The van der Waals surface area contributed by atoms with Crippen molar-refractivity contribution in [3.8, 4) is 0 Å². The minimum atomic E-state index is -0.115. The number of carbonyl (C=O) groups excluding carboxylic acids is 1. The minimum Gasteiger partial charge on any atom is -0.359 e. The number of benzene rings is 1. The summed E-state index contributed by atoms with van der Waals surface area (Å²) in [6, 6.07) is 7.47. The Morgan fingerprint density at radius 2 is 1.92 bits per heavy atom. The second-order valence-electron chi connectivity index (χ2n) is 7.41. The molecule has 1 aromatic heterocycles. The van der Waals surface area contributed by atoms with Gasteiger partial charge in [0.2, 0.25) is 0 Å². The van der Waals surface area contributed by atoms with Crippen molar-refractivity contribution in [3.05, 3.63) is 41.7 Å². The van der Waals surface area contributed by atoms with Crippen LogP contribution in [0.15, 0.2) is 30.6 Å². The molecule has 0 saturated heterocycles. The number of nitrogens with one attached hydrogen (secondary N) is 2. The number of hydrogen-bond donors (Lipinski definition) is 2. The fourth-order valence-electron chi connectivity index (χ4n) is 2.60.